The van der Waals surface area contributed by atoms with Crippen molar-refractivity contribution in [2.24, 2.45) is 5.92 Å². The number of aliphatic carboxylic acids is 3. The lowest BCUT2D eigenvalue weighted by atomic mass is 9.89. The topological polar surface area (TPSA) is 139 Å². The van der Waals surface area contributed by atoms with Crippen molar-refractivity contribution in [3.05, 3.63) is 0 Å². The fourth-order valence-electron chi connectivity index (χ4n) is 4.38. The van der Waals surface area contributed by atoms with Crippen molar-refractivity contribution in [3.63, 3.8) is 0 Å². The fraction of sp³-hybridized carbons (Fsp3) is 0.826. The third kappa shape index (κ3) is 11.6. The SMILES string of the molecule is CCCCC(CCC)C(=O)CCC(C(=O)O)N1CCN(CC(=O)O)CCN(CC(=O)O)CC1. The molecule has 190 valence electrons. The summed E-state index contributed by atoms with van der Waals surface area (Å²) in [7, 11) is 0. The Hall–Kier alpha value is -2.04. The van der Waals surface area contributed by atoms with Gasteiger partial charge in [0.05, 0.1) is 13.1 Å². The van der Waals surface area contributed by atoms with E-state index in [0.29, 0.717) is 39.3 Å². The quantitative estimate of drug-likeness (QED) is 0.322. The Morgan fingerprint density at radius 1 is 0.727 bits per heavy atom. The van der Waals surface area contributed by atoms with E-state index in [0.717, 1.165) is 32.1 Å². The molecule has 1 fully saturated rings. The van der Waals surface area contributed by atoms with Gasteiger partial charge in [-0.25, -0.2) is 0 Å². The minimum absolute atomic E-state index is 0.0305. The van der Waals surface area contributed by atoms with Crippen molar-refractivity contribution >= 4 is 23.7 Å². The Morgan fingerprint density at radius 2 is 1.24 bits per heavy atom. The summed E-state index contributed by atoms with van der Waals surface area (Å²) in [5.74, 6) is -2.91. The Morgan fingerprint density at radius 3 is 1.67 bits per heavy atom. The van der Waals surface area contributed by atoms with E-state index in [4.69, 9.17) is 0 Å². The van der Waals surface area contributed by atoms with Crippen molar-refractivity contribution in [3.8, 4) is 0 Å². The lowest BCUT2D eigenvalue weighted by molar-refractivity contribution is -0.145. The van der Waals surface area contributed by atoms with Gasteiger partial charge in [-0.05, 0) is 19.3 Å². The summed E-state index contributed by atoms with van der Waals surface area (Å²) in [6.45, 7) is 5.92. The van der Waals surface area contributed by atoms with E-state index in [-0.39, 0.29) is 37.6 Å². The van der Waals surface area contributed by atoms with E-state index in [1.54, 1.807) is 14.7 Å². The van der Waals surface area contributed by atoms with Crippen LogP contribution >= 0.6 is 0 Å². The monoisotopic (exact) mass is 471 g/mol. The van der Waals surface area contributed by atoms with Crippen molar-refractivity contribution < 1.29 is 34.5 Å². The predicted octanol–water partition coefficient (Wildman–Crippen LogP) is 1.48. The van der Waals surface area contributed by atoms with E-state index in [2.05, 4.69) is 6.92 Å². The molecular weight excluding hydrogens is 430 g/mol. The highest BCUT2D eigenvalue weighted by atomic mass is 16.4. The zero-order valence-corrected chi connectivity index (χ0v) is 20.1. The molecule has 1 aliphatic rings. The molecule has 3 N–H and O–H groups in total. The lowest BCUT2D eigenvalue weighted by Crippen LogP contribution is -2.47. The van der Waals surface area contributed by atoms with Crippen molar-refractivity contribution in [1.29, 1.82) is 0 Å². The second-order valence-corrected chi connectivity index (χ2v) is 8.86. The molecule has 0 amide bonds. The van der Waals surface area contributed by atoms with Crippen molar-refractivity contribution in [2.75, 3.05) is 52.4 Å². The first-order valence-electron chi connectivity index (χ1n) is 12.1. The van der Waals surface area contributed by atoms with Crippen LogP contribution in [0.3, 0.4) is 0 Å². The second-order valence-electron chi connectivity index (χ2n) is 8.86. The molecule has 2 unspecified atom stereocenters. The molecule has 1 heterocycles. The van der Waals surface area contributed by atoms with Gasteiger partial charge in [0.15, 0.2) is 0 Å². The maximum atomic E-state index is 12.8. The number of ketones is 1. The first kappa shape index (κ1) is 29.0. The van der Waals surface area contributed by atoms with Crippen LogP contribution in [-0.2, 0) is 19.2 Å². The molecule has 0 aromatic carbocycles. The Balaban J connectivity index is 2.90. The van der Waals surface area contributed by atoms with Gasteiger partial charge in [0, 0.05) is 51.6 Å². The third-order valence-corrected chi connectivity index (χ3v) is 6.25. The van der Waals surface area contributed by atoms with E-state index < -0.39 is 23.9 Å². The summed E-state index contributed by atoms with van der Waals surface area (Å²) in [5, 5.41) is 28.3. The van der Waals surface area contributed by atoms with Crippen LogP contribution in [0.15, 0.2) is 0 Å². The van der Waals surface area contributed by atoms with Gasteiger partial charge in [-0.3, -0.25) is 33.9 Å². The van der Waals surface area contributed by atoms with Crippen molar-refractivity contribution in [1.82, 2.24) is 14.7 Å². The van der Waals surface area contributed by atoms with Gasteiger partial charge < -0.3 is 15.3 Å². The number of Topliss-reactive ketones (excluding diaryl/α,β-unsaturated/α-hetero) is 1. The molecule has 10 nitrogen and oxygen atoms in total. The average molecular weight is 472 g/mol. The molecule has 33 heavy (non-hydrogen) atoms. The van der Waals surface area contributed by atoms with E-state index >= 15 is 0 Å². The molecule has 0 spiro atoms. The normalized spacial score (nSPS) is 18.6. The maximum Gasteiger partial charge on any atom is 0.320 e. The first-order chi connectivity index (χ1) is 15.7. The molecular formula is C23H41N3O7. The highest BCUT2D eigenvalue weighted by Gasteiger charge is 2.29. The summed E-state index contributed by atoms with van der Waals surface area (Å²) in [4.78, 5) is 52.5. The number of carbonyl (C=O) groups excluding carboxylic acids is 1. The summed E-state index contributed by atoms with van der Waals surface area (Å²) in [6, 6.07) is -0.876. The van der Waals surface area contributed by atoms with Gasteiger partial charge >= 0.3 is 17.9 Å². The predicted molar refractivity (Wildman–Crippen MR) is 123 cm³/mol. The standard InChI is InChI=1S/C23H41N3O7/c1-3-5-7-18(6-4-2)20(27)9-8-19(23(32)33)26-14-12-24(16-21(28)29)10-11-25(13-15-26)17-22(30)31/h18-19H,3-17H2,1-2H3,(H,28,29)(H,30,31)(H,32,33). The number of hydrogen-bond donors (Lipinski definition) is 3. The number of carboxylic acid groups (broad SMARTS) is 3. The van der Waals surface area contributed by atoms with Crippen LogP contribution in [0.25, 0.3) is 0 Å². The van der Waals surface area contributed by atoms with Crippen LogP contribution in [-0.4, -0.2) is 112 Å². The highest BCUT2D eigenvalue weighted by molar-refractivity contribution is 5.82. The minimum atomic E-state index is -1.02. The molecule has 0 bridgehead atoms. The van der Waals surface area contributed by atoms with Crippen LogP contribution in [0.2, 0.25) is 0 Å². The highest BCUT2D eigenvalue weighted by Crippen LogP contribution is 2.20. The van der Waals surface area contributed by atoms with Crippen LogP contribution < -0.4 is 0 Å². The summed E-state index contributed by atoms with van der Waals surface area (Å²) in [6.07, 6.45) is 4.93. The van der Waals surface area contributed by atoms with Crippen LogP contribution in [0.5, 0.6) is 0 Å². The average Bonchev–Trinajstić information content (AvgIpc) is 2.82. The first-order valence-corrected chi connectivity index (χ1v) is 12.1. The van der Waals surface area contributed by atoms with Gasteiger partial charge in [0.1, 0.15) is 11.8 Å². The molecule has 0 saturated carbocycles. The molecule has 0 aliphatic carbocycles. The van der Waals surface area contributed by atoms with Crippen LogP contribution in [0, 0.1) is 5.92 Å². The molecule has 2 atom stereocenters. The Labute approximate surface area is 196 Å². The zero-order valence-electron chi connectivity index (χ0n) is 20.1. The van der Waals surface area contributed by atoms with E-state index in [9.17, 15) is 34.5 Å². The minimum Gasteiger partial charge on any atom is -0.480 e. The molecule has 0 aromatic rings. The molecule has 0 radical (unpaired) electrons. The molecule has 1 aliphatic heterocycles. The number of hydrogen-bond acceptors (Lipinski definition) is 7. The van der Waals surface area contributed by atoms with Crippen molar-refractivity contribution in [2.45, 2.75) is 64.8 Å². The number of carbonyl (C=O) groups is 4. The van der Waals surface area contributed by atoms with Gasteiger partial charge in [0.25, 0.3) is 0 Å². The second kappa shape index (κ2) is 15.7. The molecule has 1 rings (SSSR count). The smallest absolute Gasteiger partial charge is 0.320 e. The Bertz CT molecular complexity index is 616. The summed E-state index contributed by atoms with van der Waals surface area (Å²) < 4.78 is 0. The van der Waals surface area contributed by atoms with Gasteiger partial charge in [-0.1, -0.05) is 33.1 Å². The summed E-state index contributed by atoms with van der Waals surface area (Å²) in [5.41, 5.74) is 0. The van der Waals surface area contributed by atoms with Crippen LogP contribution in [0.1, 0.15) is 58.8 Å². The maximum absolute atomic E-state index is 12.8. The Kier molecular flexibility index (Phi) is 13.8. The van der Waals surface area contributed by atoms with Gasteiger partial charge in [-0.15, -0.1) is 0 Å². The number of nitrogens with zero attached hydrogens (tertiary/aromatic N) is 3. The van der Waals surface area contributed by atoms with Gasteiger partial charge in [0.2, 0.25) is 0 Å². The van der Waals surface area contributed by atoms with E-state index in [1.165, 1.54) is 0 Å². The number of unbranched alkanes of at least 4 members (excludes halogenated alkanes) is 1. The number of carboxylic acids is 3. The largest absolute Gasteiger partial charge is 0.480 e. The lowest BCUT2D eigenvalue weighted by Gasteiger charge is -2.30. The molecule has 1 saturated heterocycles. The summed E-state index contributed by atoms with van der Waals surface area (Å²) >= 11 is 0. The van der Waals surface area contributed by atoms with Crippen LogP contribution in [0.4, 0.5) is 0 Å². The molecule has 0 aromatic heterocycles. The third-order valence-electron chi connectivity index (χ3n) is 6.25. The van der Waals surface area contributed by atoms with Gasteiger partial charge in [-0.2, -0.15) is 0 Å². The van der Waals surface area contributed by atoms with E-state index in [1.807, 2.05) is 6.92 Å². The number of rotatable bonds is 15. The fourth-order valence-corrected chi connectivity index (χ4v) is 4.38. The molecule has 10 heteroatoms. The zero-order chi connectivity index (χ0) is 24.8.